The molecule has 2 N–H and O–H groups in total. The summed E-state index contributed by atoms with van der Waals surface area (Å²) in [4.78, 5) is 13.4. The summed E-state index contributed by atoms with van der Waals surface area (Å²) in [6.45, 7) is 6.71. The third kappa shape index (κ3) is 3.47. The smallest absolute Gasteiger partial charge is 0.162 e. The van der Waals surface area contributed by atoms with E-state index in [2.05, 4.69) is 24.9 Å². The van der Waals surface area contributed by atoms with Gasteiger partial charge in [0.1, 0.15) is 11.6 Å². The second-order valence-corrected chi connectivity index (χ2v) is 8.80. The van der Waals surface area contributed by atoms with E-state index in [1.807, 2.05) is 29.3 Å². The molecule has 0 saturated carbocycles. The van der Waals surface area contributed by atoms with Crippen molar-refractivity contribution in [3.05, 3.63) is 52.5 Å². The van der Waals surface area contributed by atoms with Crippen molar-refractivity contribution in [1.29, 1.82) is 5.26 Å². The molecular formula is C23H28N4O3. The highest BCUT2D eigenvalue weighted by Gasteiger charge is 2.45. The number of carbonyl (C=O) groups is 1. The van der Waals surface area contributed by atoms with E-state index >= 15 is 0 Å². The minimum absolute atomic E-state index is 0.0765. The molecule has 1 aromatic rings. The molecule has 1 fully saturated rings. The molecule has 7 nitrogen and oxygen atoms in total. The Kier molecular flexibility index (Phi) is 5.31. The van der Waals surface area contributed by atoms with Crippen LogP contribution in [-0.2, 0) is 9.53 Å². The van der Waals surface area contributed by atoms with Crippen LogP contribution in [0.2, 0.25) is 0 Å². The fourth-order valence-electron chi connectivity index (χ4n) is 4.72. The molecule has 0 unspecified atom stereocenters. The number of Topliss-reactive ketones (excluding diaryl/α,β-unsaturated/α-hetero) is 1. The van der Waals surface area contributed by atoms with E-state index in [-0.39, 0.29) is 11.2 Å². The molecule has 1 aromatic carbocycles. The van der Waals surface area contributed by atoms with Gasteiger partial charge in [0.15, 0.2) is 5.78 Å². The third-order valence-electron chi connectivity index (χ3n) is 6.05. The first-order valence-corrected chi connectivity index (χ1v) is 10.3. The lowest BCUT2D eigenvalue weighted by atomic mass is 9.69. The van der Waals surface area contributed by atoms with Gasteiger partial charge in [-0.1, -0.05) is 26.0 Å². The van der Waals surface area contributed by atoms with Crippen LogP contribution in [0.4, 0.5) is 0 Å². The first-order valence-electron chi connectivity index (χ1n) is 10.3. The zero-order valence-electron chi connectivity index (χ0n) is 17.8. The molecule has 1 aliphatic carbocycles. The molecular weight excluding hydrogens is 380 g/mol. The Bertz CT molecular complexity index is 967. The van der Waals surface area contributed by atoms with E-state index in [0.717, 1.165) is 11.3 Å². The molecule has 0 aromatic heterocycles. The van der Waals surface area contributed by atoms with Crippen molar-refractivity contribution in [2.45, 2.75) is 32.6 Å². The third-order valence-corrected chi connectivity index (χ3v) is 6.05. The van der Waals surface area contributed by atoms with Crippen molar-refractivity contribution < 1.29 is 14.3 Å². The topological polar surface area (TPSA) is 91.8 Å². The highest BCUT2D eigenvalue weighted by molar-refractivity contribution is 6.00. The number of nitriles is 1. The molecule has 158 valence electrons. The Morgan fingerprint density at radius 2 is 2.00 bits per heavy atom. The van der Waals surface area contributed by atoms with Crippen molar-refractivity contribution in [3.63, 3.8) is 0 Å². The van der Waals surface area contributed by atoms with E-state index in [4.69, 9.17) is 15.2 Å². The number of benzene rings is 1. The number of nitrogens with zero attached hydrogens (tertiary/aromatic N) is 3. The Morgan fingerprint density at radius 3 is 2.67 bits per heavy atom. The number of allylic oxidation sites excluding steroid dienone is 3. The molecule has 3 aliphatic rings. The molecule has 0 spiro atoms. The second-order valence-electron chi connectivity index (χ2n) is 8.80. The van der Waals surface area contributed by atoms with Crippen molar-refractivity contribution >= 4 is 5.78 Å². The Labute approximate surface area is 177 Å². The molecule has 2 aliphatic heterocycles. The number of rotatable bonds is 3. The molecule has 0 radical (unpaired) electrons. The molecule has 0 amide bonds. The van der Waals surface area contributed by atoms with Crippen LogP contribution >= 0.6 is 0 Å². The highest BCUT2D eigenvalue weighted by Crippen LogP contribution is 2.49. The van der Waals surface area contributed by atoms with E-state index in [1.54, 1.807) is 7.11 Å². The van der Waals surface area contributed by atoms with Crippen molar-refractivity contribution in [2.75, 3.05) is 33.4 Å². The summed E-state index contributed by atoms with van der Waals surface area (Å²) in [6, 6.07) is 9.86. The first kappa shape index (κ1) is 20.5. The zero-order chi connectivity index (χ0) is 21.5. The summed E-state index contributed by atoms with van der Waals surface area (Å²) >= 11 is 0. The molecule has 30 heavy (non-hydrogen) atoms. The molecule has 2 heterocycles. The zero-order valence-corrected chi connectivity index (χ0v) is 17.8. The number of carbonyl (C=O) groups excluding carboxylic acids is 1. The number of methoxy groups -OCH3 is 1. The number of hydrogen-bond acceptors (Lipinski definition) is 7. The lowest BCUT2D eigenvalue weighted by molar-refractivity contribution is -0.119. The summed E-state index contributed by atoms with van der Waals surface area (Å²) in [7, 11) is 1.61. The van der Waals surface area contributed by atoms with Crippen molar-refractivity contribution in [2.24, 2.45) is 11.1 Å². The predicted octanol–water partition coefficient (Wildman–Crippen LogP) is 2.68. The van der Waals surface area contributed by atoms with Gasteiger partial charge in [-0.25, -0.2) is 5.01 Å². The maximum Gasteiger partial charge on any atom is 0.162 e. The van der Waals surface area contributed by atoms with Crippen molar-refractivity contribution in [1.82, 2.24) is 10.0 Å². The second kappa shape index (κ2) is 7.78. The standard InChI is InChI=1S/C23H28N4O3/c1-23(2)12-18-21(19(28)13-23)20(15-5-4-6-16(11-15)29-3)17(14-24)22(25)27(18)26-7-9-30-10-8-26/h4-6,11,20H,7-10,12-13,25H2,1-3H3/t20-/m1/s1. The van der Waals surface area contributed by atoms with Crippen LogP contribution in [0.3, 0.4) is 0 Å². The van der Waals surface area contributed by atoms with Crippen LogP contribution in [0.15, 0.2) is 46.9 Å². The van der Waals surface area contributed by atoms with Crippen LogP contribution in [0.5, 0.6) is 5.75 Å². The number of hydrazine groups is 1. The molecule has 1 saturated heterocycles. The number of morpholine rings is 1. The summed E-state index contributed by atoms with van der Waals surface area (Å²) in [5, 5.41) is 14.1. The van der Waals surface area contributed by atoms with Crippen LogP contribution in [-0.4, -0.2) is 49.2 Å². The van der Waals surface area contributed by atoms with Crippen LogP contribution in [0, 0.1) is 16.7 Å². The summed E-state index contributed by atoms with van der Waals surface area (Å²) in [6.07, 6.45) is 1.16. The Morgan fingerprint density at radius 1 is 1.27 bits per heavy atom. The summed E-state index contributed by atoms with van der Waals surface area (Å²) in [5.41, 5.74) is 9.28. The van der Waals surface area contributed by atoms with Gasteiger partial charge in [-0.15, -0.1) is 0 Å². The highest BCUT2D eigenvalue weighted by atomic mass is 16.5. The number of ether oxygens (including phenoxy) is 2. The predicted molar refractivity (Wildman–Crippen MR) is 112 cm³/mol. The molecule has 1 atom stereocenters. The van der Waals surface area contributed by atoms with Crippen molar-refractivity contribution in [3.8, 4) is 11.8 Å². The maximum absolute atomic E-state index is 13.4. The minimum atomic E-state index is -0.485. The van der Waals surface area contributed by atoms with E-state index < -0.39 is 5.92 Å². The van der Waals surface area contributed by atoms with Gasteiger partial charge in [-0.3, -0.25) is 9.80 Å². The van der Waals surface area contributed by atoms with Gasteiger partial charge in [0.2, 0.25) is 0 Å². The van der Waals surface area contributed by atoms with Gasteiger partial charge in [0, 0.05) is 30.8 Å². The van der Waals surface area contributed by atoms with Gasteiger partial charge in [0.05, 0.1) is 37.9 Å². The summed E-state index contributed by atoms with van der Waals surface area (Å²) < 4.78 is 10.9. The van der Waals surface area contributed by atoms with Crippen LogP contribution < -0.4 is 10.5 Å². The summed E-state index contributed by atoms with van der Waals surface area (Å²) in [5.74, 6) is 0.676. The average molecular weight is 409 g/mol. The minimum Gasteiger partial charge on any atom is -0.497 e. The lowest BCUT2D eigenvalue weighted by Crippen LogP contribution is -2.53. The first-order chi connectivity index (χ1) is 14.4. The van der Waals surface area contributed by atoms with Gasteiger partial charge in [-0.05, 0) is 29.5 Å². The van der Waals surface area contributed by atoms with E-state index in [1.165, 1.54) is 0 Å². The number of nitrogens with two attached hydrogens (primary N) is 1. The Hall–Kier alpha value is -2.82. The quantitative estimate of drug-likeness (QED) is 0.822. The normalized spacial score (nSPS) is 24.5. The largest absolute Gasteiger partial charge is 0.497 e. The molecule has 4 rings (SSSR count). The van der Waals surface area contributed by atoms with Gasteiger partial charge < -0.3 is 15.2 Å². The monoisotopic (exact) mass is 408 g/mol. The number of hydrogen-bond donors (Lipinski definition) is 1. The maximum atomic E-state index is 13.4. The van der Waals surface area contributed by atoms with Gasteiger partial charge in [-0.2, -0.15) is 5.26 Å². The average Bonchev–Trinajstić information content (AvgIpc) is 2.72. The van der Waals surface area contributed by atoms with E-state index in [0.29, 0.717) is 61.9 Å². The Balaban J connectivity index is 1.92. The van der Waals surface area contributed by atoms with E-state index in [9.17, 15) is 10.1 Å². The number of ketones is 1. The molecule has 0 bridgehead atoms. The van der Waals surface area contributed by atoms with Crippen LogP contribution in [0.1, 0.15) is 38.2 Å². The van der Waals surface area contributed by atoms with Crippen LogP contribution in [0.25, 0.3) is 0 Å². The van der Waals surface area contributed by atoms with Gasteiger partial charge >= 0.3 is 0 Å². The SMILES string of the molecule is COc1cccc([C@@H]2C(C#N)=C(N)N(N3CCOCC3)C3=C2C(=O)CC(C)(C)C3)c1. The molecule has 7 heteroatoms. The fourth-order valence-corrected chi connectivity index (χ4v) is 4.72. The van der Waals surface area contributed by atoms with Gasteiger partial charge in [0.25, 0.3) is 0 Å². The fraction of sp³-hybridized carbons (Fsp3) is 0.478. The lowest BCUT2D eigenvalue weighted by Gasteiger charge is -2.48.